The molecule has 0 aliphatic carbocycles. The third kappa shape index (κ3) is 5.95. The maximum absolute atomic E-state index is 12.3. The van der Waals surface area contributed by atoms with Gasteiger partial charge in [0.1, 0.15) is 5.82 Å². The Morgan fingerprint density at radius 3 is 2.67 bits per heavy atom. The predicted octanol–water partition coefficient (Wildman–Crippen LogP) is 5.09. The summed E-state index contributed by atoms with van der Waals surface area (Å²) >= 11 is 5.33. The van der Waals surface area contributed by atoms with E-state index in [1.54, 1.807) is 0 Å². The van der Waals surface area contributed by atoms with E-state index in [0.29, 0.717) is 5.82 Å². The van der Waals surface area contributed by atoms with E-state index in [2.05, 4.69) is 32.8 Å². The summed E-state index contributed by atoms with van der Waals surface area (Å²) in [7, 11) is 0. The Morgan fingerprint density at radius 1 is 1.21 bits per heavy atom. The van der Waals surface area contributed by atoms with Crippen LogP contribution >= 0.6 is 27.7 Å². The van der Waals surface area contributed by atoms with Crippen LogP contribution in [0.4, 0.5) is 0 Å². The Balaban J connectivity index is 2.15. The third-order valence-electron chi connectivity index (χ3n) is 3.61. The van der Waals surface area contributed by atoms with Crippen LogP contribution < -0.4 is 5.56 Å². The number of rotatable bonds is 8. The molecule has 0 atom stereocenters. The second-order valence-electron chi connectivity index (χ2n) is 5.62. The van der Waals surface area contributed by atoms with Crippen LogP contribution in [0.5, 0.6) is 0 Å². The fraction of sp³-hybridized carbons (Fsp3) is 0.368. The molecule has 1 heterocycles. The van der Waals surface area contributed by atoms with E-state index < -0.39 is 0 Å². The van der Waals surface area contributed by atoms with Gasteiger partial charge in [-0.3, -0.25) is 4.79 Å². The van der Waals surface area contributed by atoms with E-state index in [0.717, 1.165) is 39.2 Å². The van der Waals surface area contributed by atoms with E-state index in [1.807, 2.05) is 55.1 Å². The summed E-state index contributed by atoms with van der Waals surface area (Å²) in [5.74, 6) is 2.75. The highest BCUT2D eigenvalue weighted by molar-refractivity contribution is 9.10. The Bertz CT molecular complexity index is 738. The molecule has 2 rings (SSSR count). The Morgan fingerprint density at radius 2 is 1.96 bits per heavy atom. The van der Waals surface area contributed by atoms with Crippen LogP contribution in [-0.2, 0) is 6.42 Å². The molecule has 0 radical (unpaired) electrons. The van der Waals surface area contributed by atoms with E-state index in [4.69, 9.17) is 0 Å². The highest BCUT2D eigenvalue weighted by Crippen LogP contribution is 2.15. The van der Waals surface area contributed by atoms with Crippen LogP contribution in [0.15, 0.2) is 33.5 Å². The number of hydrogen-bond donors (Lipinski definition) is 1. The first-order valence-corrected chi connectivity index (χ1v) is 10.2. The number of H-pyrrole nitrogens is 1. The molecule has 0 spiro atoms. The van der Waals surface area contributed by atoms with Gasteiger partial charge < -0.3 is 4.98 Å². The minimum atomic E-state index is -0.0194. The molecule has 1 aromatic heterocycles. The van der Waals surface area contributed by atoms with Crippen molar-refractivity contribution in [3.8, 4) is 0 Å². The number of thioether (sulfide) groups is 1. The Labute approximate surface area is 156 Å². The van der Waals surface area contributed by atoms with Crippen molar-refractivity contribution in [3.63, 3.8) is 0 Å². The van der Waals surface area contributed by atoms with Gasteiger partial charge in [0, 0.05) is 10.0 Å². The standard InChI is InChI=1S/C19H23BrN2OS/c1-3-4-12-24-13-11-17-18(21-14(2)22-19(17)23)10-7-15-5-8-16(20)9-6-15/h5-10H,3-4,11-13H2,1-2H3,(H,21,22,23)/b10-7+. The molecule has 0 bridgehead atoms. The van der Waals surface area contributed by atoms with Gasteiger partial charge in [-0.1, -0.05) is 47.5 Å². The van der Waals surface area contributed by atoms with Crippen molar-refractivity contribution in [1.29, 1.82) is 0 Å². The smallest absolute Gasteiger partial charge is 0.254 e. The van der Waals surface area contributed by atoms with E-state index in [9.17, 15) is 4.79 Å². The van der Waals surface area contributed by atoms with Crippen molar-refractivity contribution in [2.45, 2.75) is 33.1 Å². The van der Waals surface area contributed by atoms with Gasteiger partial charge in [-0.2, -0.15) is 11.8 Å². The van der Waals surface area contributed by atoms with Crippen molar-refractivity contribution >= 4 is 39.8 Å². The summed E-state index contributed by atoms with van der Waals surface area (Å²) in [5, 5.41) is 0. The summed E-state index contributed by atoms with van der Waals surface area (Å²) in [6, 6.07) is 8.06. The van der Waals surface area contributed by atoms with Gasteiger partial charge in [0.15, 0.2) is 0 Å². The first-order chi connectivity index (χ1) is 11.6. The molecule has 0 aliphatic rings. The van der Waals surface area contributed by atoms with Gasteiger partial charge in [0.05, 0.1) is 5.69 Å². The normalized spacial score (nSPS) is 11.3. The fourth-order valence-corrected chi connectivity index (χ4v) is 3.59. The van der Waals surface area contributed by atoms with Crippen LogP contribution in [-0.4, -0.2) is 21.5 Å². The number of nitrogens with zero attached hydrogens (tertiary/aromatic N) is 1. The number of hydrogen-bond acceptors (Lipinski definition) is 3. The first-order valence-electron chi connectivity index (χ1n) is 8.21. The number of nitrogens with one attached hydrogen (secondary N) is 1. The molecule has 5 heteroatoms. The monoisotopic (exact) mass is 406 g/mol. The van der Waals surface area contributed by atoms with Crippen molar-refractivity contribution in [2.75, 3.05) is 11.5 Å². The van der Waals surface area contributed by atoms with Crippen LogP contribution in [0, 0.1) is 6.92 Å². The zero-order valence-corrected chi connectivity index (χ0v) is 16.5. The topological polar surface area (TPSA) is 45.8 Å². The Kier molecular flexibility index (Phi) is 7.79. The molecule has 0 unspecified atom stereocenters. The summed E-state index contributed by atoms with van der Waals surface area (Å²) in [4.78, 5) is 19.6. The van der Waals surface area contributed by atoms with Gasteiger partial charge in [-0.05, 0) is 55.0 Å². The lowest BCUT2D eigenvalue weighted by Crippen LogP contribution is -2.18. The molecule has 0 saturated carbocycles. The van der Waals surface area contributed by atoms with Gasteiger partial charge in [0.25, 0.3) is 5.56 Å². The van der Waals surface area contributed by atoms with Crippen molar-refractivity contribution in [1.82, 2.24) is 9.97 Å². The van der Waals surface area contributed by atoms with Crippen LogP contribution in [0.2, 0.25) is 0 Å². The van der Waals surface area contributed by atoms with Crippen LogP contribution in [0.25, 0.3) is 12.2 Å². The maximum atomic E-state index is 12.3. The van der Waals surface area contributed by atoms with Gasteiger partial charge in [-0.25, -0.2) is 4.98 Å². The van der Waals surface area contributed by atoms with Crippen molar-refractivity contribution in [2.24, 2.45) is 0 Å². The third-order valence-corrected chi connectivity index (χ3v) is 5.21. The SMILES string of the molecule is CCCCSCCc1c(/C=C/c2ccc(Br)cc2)nc(C)[nH]c1=O. The van der Waals surface area contributed by atoms with Crippen LogP contribution in [0.3, 0.4) is 0 Å². The number of halogens is 1. The van der Waals surface area contributed by atoms with E-state index in [1.165, 1.54) is 12.8 Å². The zero-order chi connectivity index (χ0) is 17.4. The van der Waals surface area contributed by atoms with Crippen molar-refractivity contribution in [3.05, 3.63) is 61.7 Å². The van der Waals surface area contributed by atoms with Gasteiger partial charge in [-0.15, -0.1) is 0 Å². The molecule has 0 amide bonds. The molecule has 24 heavy (non-hydrogen) atoms. The highest BCUT2D eigenvalue weighted by atomic mass is 79.9. The molecule has 1 N–H and O–H groups in total. The molecule has 0 aliphatic heterocycles. The number of aromatic amines is 1. The number of benzene rings is 1. The lowest BCUT2D eigenvalue weighted by atomic mass is 10.1. The second-order valence-corrected chi connectivity index (χ2v) is 7.76. The molecule has 128 valence electrons. The van der Waals surface area contributed by atoms with E-state index >= 15 is 0 Å². The average molecular weight is 407 g/mol. The zero-order valence-electron chi connectivity index (χ0n) is 14.1. The largest absolute Gasteiger partial charge is 0.311 e. The quantitative estimate of drug-likeness (QED) is 0.621. The van der Waals surface area contributed by atoms with Gasteiger partial charge >= 0.3 is 0 Å². The van der Waals surface area contributed by atoms with E-state index in [-0.39, 0.29) is 5.56 Å². The molecule has 1 aromatic carbocycles. The molecule has 0 saturated heterocycles. The van der Waals surface area contributed by atoms with Crippen molar-refractivity contribution < 1.29 is 0 Å². The molecule has 0 fully saturated rings. The summed E-state index contributed by atoms with van der Waals surface area (Å²) in [6.07, 6.45) is 7.13. The first kappa shape index (κ1) is 19.0. The Hall–Kier alpha value is -1.33. The highest BCUT2D eigenvalue weighted by Gasteiger charge is 2.08. The predicted molar refractivity (Wildman–Crippen MR) is 109 cm³/mol. The molecular formula is C19H23BrN2OS. The maximum Gasteiger partial charge on any atom is 0.254 e. The number of aryl methyl sites for hydroxylation is 1. The lowest BCUT2D eigenvalue weighted by Gasteiger charge is -2.06. The second kappa shape index (κ2) is 9.84. The minimum Gasteiger partial charge on any atom is -0.311 e. The minimum absolute atomic E-state index is 0.0194. The van der Waals surface area contributed by atoms with Gasteiger partial charge in [0.2, 0.25) is 0 Å². The molecular weight excluding hydrogens is 384 g/mol. The average Bonchev–Trinajstić information content (AvgIpc) is 2.56. The summed E-state index contributed by atoms with van der Waals surface area (Å²) < 4.78 is 1.05. The van der Waals surface area contributed by atoms with Crippen LogP contribution in [0.1, 0.15) is 42.4 Å². The molecule has 3 nitrogen and oxygen atoms in total. The number of aromatic nitrogens is 2. The summed E-state index contributed by atoms with van der Waals surface area (Å²) in [5.41, 5.74) is 2.61. The summed E-state index contributed by atoms with van der Waals surface area (Å²) in [6.45, 7) is 4.01. The fourth-order valence-electron chi connectivity index (χ4n) is 2.28. The lowest BCUT2D eigenvalue weighted by molar-refractivity contribution is 0.894. The molecule has 2 aromatic rings. The number of unbranched alkanes of at least 4 members (excludes halogenated alkanes) is 1.